The van der Waals surface area contributed by atoms with Gasteiger partial charge in [-0.25, -0.2) is 0 Å². The first-order valence-corrected chi connectivity index (χ1v) is 6.60. The van der Waals surface area contributed by atoms with Crippen LogP contribution in [0.15, 0.2) is 30.5 Å². The standard InChI is InChI=1S/C15H22N2O/c1-11(2)8-13(10-18)17-9-12-4-3-5-15-14(12)6-7-16-15/h3-7,11,13,16-18H,8-10H2,1-2H3. The van der Waals surface area contributed by atoms with E-state index in [1.165, 1.54) is 16.5 Å². The fourth-order valence-electron chi connectivity index (χ4n) is 2.35. The highest BCUT2D eigenvalue weighted by atomic mass is 16.3. The van der Waals surface area contributed by atoms with Crippen molar-refractivity contribution in [1.29, 1.82) is 0 Å². The Labute approximate surface area is 108 Å². The van der Waals surface area contributed by atoms with Crippen LogP contribution in [0.25, 0.3) is 10.9 Å². The molecule has 0 aliphatic rings. The largest absolute Gasteiger partial charge is 0.395 e. The van der Waals surface area contributed by atoms with Crippen LogP contribution < -0.4 is 5.32 Å². The minimum Gasteiger partial charge on any atom is -0.395 e. The SMILES string of the molecule is CC(C)CC(CO)NCc1cccc2[nH]ccc12. The van der Waals surface area contributed by atoms with Crippen molar-refractivity contribution in [2.45, 2.75) is 32.9 Å². The van der Waals surface area contributed by atoms with Crippen LogP contribution >= 0.6 is 0 Å². The molecule has 0 aliphatic heterocycles. The Balaban J connectivity index is 2.02. The lowest BCUT2D eigenvalue weighted by molar-refractivity contribution is 0.223. The van der Waals surface area contributed by atoms with Gasteiger partial charge in [-0.1, -0.05) is 26.0 Å². The number of fused-ring (bicyclic) bond motifs is 1. The molecule has 0 bridgehead atoms. The molecule has 1 atom stereocenters. The minimum atomic E-state index is 0.180. The first-order valence-electron chi connectivity index (χ1n) is 6.60. The zero-order valence-electron chi connectivity index (χ0n) is 11.1. The van der Waals surface area contributed by atoms with Crippen LogP contribution in [0, 0.1) is 5.92 Å². The second kappa shape index (κ2) is 6.03. The van der Waals surface area contributed by atoms with Gasteiger partial charge in [0.2, 0.25) is 0 Å². The molecule has 2 rings (SSSR count). The maximum atomic E-state index is 9.36. The molecule has 0 aliphatic carbocycles. The third-order valence-electron chi connectivity index (χ3n) is 3.24. The summed E-state index contributed by atoms with van der Waals surface area (Å²) in [6.45, 7) is 5.35. The maximum Gasteiger partial charge on any atom is 0.0584 e. The Bertz CT molecular complexity index is 490. The molecule has 3 nitrogen and oxygen atoms in total. The van der Waals surface area contributed by atoms with Crippen LogP contribution in [0.1, 0.15) is 25.8 Å². The third kappa shape index (κ3) is 3.12. The number of hydrogen-bond acceptors (Lipinski definition) is 2. The van der Waals surface area contributed by atoms with Crippen molar-refractivity contribution in [1.82, 2.24) is 10.3 Å². The molecule has 0 fully saturated rings. The molecule has 1 aromatic carbocycles. The molecule has 0 spiro atoms. The average molecular weight is 246 g/mol. The summed E-state index contributed by atoms with van der Waals surface area (Å²) in [4.78, 5) is 3.22. The zero-order chi connectivity index (χ0) is 13.0. The van der Waals surface area contributed by atoms with Crippen molar-refractivity contribution in [3.05, 3.63) is 36.0 Å². The molecule has 18 heavy (non-hydrogen) atoms. The summed E-state index contributed by atoms with van der Waals surface area (Å²) < 4.78 is 0. The Hall–Kier alpha value is -1.32. The summed E-state index contributed by atoms with van der Waals surface area (Å²) in [5, 5.41) is 14.0. The molecule has 1 heterocycles. The van der Waals surface area contributed by atoms with Crippen LogP contribution in [-0.2, 0) is 6.54 Å². The summed E-state index contributed by atoms with van der Waals surface area (Å²) in [7, 11) is 0. The topological polar surface area (TPSA) is 48.0 Å². The van der Waals surface area contributed by atoms with Crippen molar-refractivity contribution in [2.24, 2.45) is 5.92 Å². The molecule has 3 heteroatoms. The van der Waals surface area contributed by atoms with Gasteiger partial charge in [0.05, 0.1) is 6.61 Å². The first kappa shape index (κ1) is 13.1. The normalized spacial score (nSPS) is 13.3. The number of aromatic amines is 1. The third-order valence-corrected chi connectivity index (χ3v) is 3.24. The predicted octanol–water partition coefficient (Wildman–Crippen LogP) is 2.66. The van der Waals surface area contributed by atoms with Crippen LogP contribution in [0.3, 0.4) is 0 Å². The van der Waals surface area contributed by atoms with Crippen LogP contribution in [0.5, 0.6) is 0 Å². The van der Waals surface area contributed by atoms with Gasteiger partial charge in [-0.2, -0.15) is 0 Å². The Morgan fingerprint density at radius 2 is 2.11 bits per heavy atom. The van der Waals surface area contributed by atoms with Gasteiger partial charge in [-0.05, 0) is 30.0 Å². The summed E-state index contributed by atoms with van der Waals surface area (Å²) in [6, 6.07) is 8.55. The van der Waals surface area contributed by atoms with E-state index < -0.39 is 0 Å². The van der Waals surface area contributed by atoms with Crippen LogP contribution in [0.2, 0.25) is 0 Å². The number of hydrogen-bond donors (Lipinski definition) is 3. The smallest absolute Gasteiger partial charge is 0.0584 e. The minimum absolute atomic E-state index is 0.180. The number of rotatable bonds is 6. The van der Waals surface area contributed by atoms with E-state index in [-0.39, 0.29) is 12.6 Å². The summed E-state index contributed by atoms with van der Waals surface area (Å²) in [6.07, 6.45) is 2.96. The lowest BCUT2D eigenvalue weighted by Gasteiger charge is -2.18. The van der Waals surface area contributed by atoms with E-state index in [1.807, 2.05) is 6.20 Å². The molecule has 2 aromatic rings. The molecular weight excluding hydrogens is 224 g/mol. The van der Waals surface area contributed by atoms with Gasteiger partial charge in [0.15, 0.2) is 0 Å². The highest BCUT2D eigenvalue weighted by Gasteiger charge is 2.10. The van der Waals surface area contributed by atoms with E-state index in [2.05, 4.69) is 48.4 Å². The van der Waals surface area contributed by atoms with Crippen molar-refractivity contribution < 1.29 is 5.11 Å². The van der Waals surface area contributed by atoms with E-state index in [4.69, 9.17) is 0 Å². The van der Waals surface area contributed by atoms with Crippen molar-refractivity contribution in [3.8, 4) is 0 Å². The van der Waals surface area contributed by atoms with Gasteiger partial charge in [-0.15, -0.1) is 0 Å². The molecule has 1 aromatic heterocycles. The first-order chi connectivity index (χ1) is 8.70. The van der Waals surface area contributed by atoms with Crippen LogP contribution in [0.4, 0.5) is 0 Å². The Morgan fingerprint density at radius 1 is 1.28 bits per heavy atom. The van der Waals surface area contributed by atoms with Crippen molar-refractivity contribution >= 4 is 10.9 Å². The quantitative estimate of drug-likeness (QED) is 0.734. The molecule has 0 amide bonds. The van der Waals surface area contributed by atoms with Gasteiger partial charge in [0.1, 0.15) is 0 Å². The van der Waals surface area contributed by atoms with Crippen molar-refractivity contribution in [2.75, 3.05) is 6.61 Å². The van der Waals surface area contributed by atoms with Gasteiger partial charge in [-0.3, -0.25) is 0 Å². The number of H-pyrrole nitrogens is 1. The summed E-state index contributed by atoms with van der Waals surface area (Å²) in [5.41, 5.74) is 2.44. The van der Waals surface area contributed by atoms with E-state index in [0.717, 1.165) is 13.0 Å². The van der Waals surface area contributed by atoms with Gasteiger partial charge in [0, 0.05) is 29.7 Å². The number of aliphatic hydroxyl groups is 1. The number of aliphatic hydroxyl groups excluding tert-OH is 1. The molecule has 0 saturated heterocycles. The van der Waals surface area contributed by atoms with Crippen LogP contribution in [-0.4, -0.2) is 22.7 Å². The molecule has 3 N–H and O–H groups in total. The molecular formula is C15H22N2O. The fraction of sp³-hybridized carbons (Fsp3) is 0.467. The molecule has 0 saturated carbocycles. The van der Waals surface area contributed by atoms with Gasteiger partial charge >= 0.3 is 0 Å². The van der Waals surface area contributed by atoms with E-state index in [9.17, 15) is 5.11 Å². The highest BCUT2D eigenvalue weighted by Crippen LogP contribution is 2.17. The van der Waals surface area contributed by atoms with Gasteiger partial charge in [0.25, 0.3) is 0 Å². The Morgan fingerprint density at radius 3 is 2.83 bits per heavy atom. The lowest BCUT2D eigenvalue weighted by atomic mass is 10.0. The predicted molar refractivity (Wildman–Crippen MR) is 75.5 cm³/mol. The van der Waals surface area contributed by atoms with E-state index >= 15 is 0 Å². The number of aromatic nitrogens is 1. The molecule has 0 radical (unpaired) electrons. The summed E-state index contributed by atoms with van der Waals surface area (Å²) >= 11 is 0. The second-order valence-electron chi connectivity index (χ2n) is 5.25. The average Bonchev–Trinajstić information content (AvgIpc) is 2.82. The number of nitrogens with one attached hydrogen (secondary N) is 2. The maximum absolute atomic E-state index is 9.36. The van der Waals surface area contributed by atoms with Crippen molar-refractivity contribution in [3.63, 3.8) is 0 Å². The monoisotopic (exact) mass is 246 g/mol. The molecule has 1 unspecified atom stereocenters. The number of benzene rings is 1. The lowest BCUT2D eigenvalue weighted by Crippen LogP contribution is -2.33. The molecule has 98 valence electrons. The van der Waals surface area contributed by atoms with E-state index in [0.29, 0.717) is 5.92 Å². The Kier molecular flexibility index (Phi) is 4.39. The zero-order valence-corrected chi connectivity index (χ0v) is 11.1. The fourth-order valence-corrected chi connectivity index (χ4v) is 2.35. The van der Waals surface area contributed by atoms with Gasteiger partial charge < -0.3 is 15.4 Å². The van der Waals surface area contributed by atoms with E-state index in [1.54, 1.807) is 0 Å². The summed E-state index contributed by atoms with van der Waals surface area (Å²) in [5.74, 6) is 0.595. The highest BCUT2D eigenvalue weighted by molar-refractivity contribution is 5.82. The second-order valence-corrected chi connectivity index (χ2v) is 5.25.